The van der Waals surface area contributed by atoms with E-state index < -0.39 is 22.0 Å². The van der Waals surface area contributed by atoms with Crippen LogP contribution in [0.3, 0.4) is 0 Å². The minimum Gasteiger partial charge on any atom is -0.480 e. The van der Waals surface area contributed by atoms with Gasteiger partial charge in [0.25, 0.3) is 0 Å². The fourth-order valence-corrected chi connectivity index (χ4v) is 3.84. The lowest BCUT2D eigenvalue weighted by Gasteiger charge is -2.13. The van der Waals surface area contributed by atoms with Crippen molar-refractivity contribution in [1.82, 2.24) is 0 Å². The van der Waals surface area contributed by atoms with Gasteiger partial charge in [-0.15, -0.1) is 0 Å². The Labute approximate surface area is 147 Å². The quantitative estimate of drug-likeness (QED) is 0.788. The molecule has 2 atom stereocenters. The van der Waals surface area contributed by atoms with E-state index >= 15 is 0 Å². The summed E-state index contributed by atoms with van der Waals surface area (Å²) < 4.78 is 12.4. The van der Waals surface area contributed by atoms with Crippen LogP contribution in [0.5, 0.6) is 0 Å². The Bertz CT molecular complexity index is 704. The first kappa shape index (κ1) is 18.0. The number of carbonyl (C=O) groups is 1. The van der Waals surface area contributed by atoms with Gasteiger partial charge in [-0.3, -0.25) is 9.00 Å². The number of benzene rings is 2. The lowest BCUT2D eigenvalue weighted by molar-refractivity contribution is -0.136. The van der Waals surface area contributed by atoms with E-state index in [4.69, 9.17) is 23.2 Å². The summed E-state index contributed by atoms with van der Waals surface area (Å²) in [5.74, 6) is -0.901. The van der Waals surface area contributed by atoms with Gasteiger partial charge in [-0.1, -0.05) is 59.6 Å². The number of aliphatic carboxylic acids is 1. The van der Waals surface area contributed by atoms with Gasteiger partial charge in [0.1, 0.15) is 5.25 Å². The average Bonchev–Trinajstić information content (AvgIpc) is 2.52. The van der Waals surface area contributed by atoms with E-state index in [0.717, 1.165) is 5.56 Å². The van der Waals surface area contributed by atoms with Gasteiger partial charge in [-0.25, -0.2) is 0 Å². The fraction of sp³-hybridized carbons (Fsp3) is 0.235. The molecule has 0 bridgehead atoms. The molecular formula is C17H16Cl2O3S. The Morgan fingerprint density at radius 1 is 1.04 bits per heavy atom. The van der Waals surface area contributed by atoms with Gasteiger partial charge in [0, 0.05) is 16.6 Å². The Hall–Kier alpha value is -1.36. The third kappa shape index (κ3) is 5.34. The molecule has 0 amide bonds. The fourth-order valence-electron chi connectivity index (χ4n) is 2.20. The molecule has 2 unspecified atom stereocenters. The third-order valence-electron chi connectivity index (χ3n) is 3.42. The second-order valence-corrected chi connectivity index (χ2v) is 7.56. The molecule has 0 radical (unpaired) electrons. The van der Waals surface area contributed by atoms with Crippen molar-refractivity contribution in [2.75, 3.05) is 0 Å². The molecule has 122 valence electrons. The number of hydrogen-bond donors (Lipinski definition) is 1. The van der Waals surface area contributed by atoms with Crippen molar-refractivity contribution in [2.45, 2.75) is 23.8 Å². The summed E-state index contributed by atoms with van der Waals surface area (Å²) in [6, 6.07) is 14.5. The summed E-state index contributed by atoms with van der Waals surface area (Å²) in [5.41, 5.74) is 1.74. The normalized spacial score (nSPS) is 13.5. The van der Waals surface area contributed by atoms with Crippen LogP contribution in [-0.2, 0) is 27.8 Å². The molecule has 0 heterocycles. The van der Waals surface area contributed by atoms with Crippen LogP contribution >= 0.6 is 23.2 Å². The zero-order valence-corrected chi connectivity index (χ0v) is 14.6. The van der Waals surface area contributed by atoms with Crippen molar-refractivity contribution >= 4 is 40.0 Å². The highest BCUT2D eigenvalue weighted by Gasteiger charge is 2.24. The first-order chi connectivity index (χ1) is 11.0. The maximum atomic E-state index is 12.4. The van der Waals surface area contributed by atoms with Crippen molar-refractivity contribution in [2.24, 2.45) is 0 Å². The summed E-state index contributed by atoms with van der Waals surface area (Å²) in [4.78, 5) is 11.4. The van der Waals surface area contributed by atoms with Gasteiger partial charge in [-0.05, 0) is 36.1 Å². The summed E-state index contributed by atoms with van der Waals surface area (Å²) in [6.45, 7) is 0. The molecule has 0 aliphatic carbocycles. The zero-order valence-electron chi connectivity index (χ0n) is 12.2. The predicted octanol–water partition coefficient (Wildman–Crippen LogP) is 4.33. The van der Waals surface area contributed by atoms with E-state index in [1.807, 2.05) is 30.3 Å². The smallest absolute Gasteiger partial charge is 0.319 e. The molecule has 2 aromatic carbocycles. The largest absolute Gasteiger partial charge is 0.480 e. The van der Waals surface area contributed by atoms with Crippen LogP contribution in [0.15, 0.2) is 48.5 Å². The van der Waals surface area contributed by atoms with Crippen molar-refractivity contribution in [3.05, 3.63) is 69.7 Å². The molecule has 2 rings (SSSR count). The first-order valence-corrected chi connectivity index (χ1v) is 9.19. The number of rotatable bonds is 7. The van der Waals surface area contributed by atoms with Gasteiger partial charge in [0.05, 0.1) is 10.0 Å². The van der Waals surface area contributed by atoms with Crippen molar-refractivity contribution in [3.63, 3.8) is 0 Å². The highest BCUT2D eigenvalue weighted by Crippen LogP contribution is 2.24. The van der Waals surface area contributed by atoms with Crippen LogP contribution in [-0.4, -0.2) is 20.5 Å². The van der Waals surface area contributed by atoms with E-state index in [2.05, 4.69) is 0 Å². The molecule has 6 heteroatoms. The van der Waals surface area contributed by atoms with Gasteiger partial charge < -0.3 is 5.11 Å². The number of aryl methyl sites for hydroxylation is 1. The second-order valence-electron chi connectivity index (χ2n) is 5.12. The number of carboxylic acids is 1. The van der Waals surface area contributed by atoms with Crippen molar-refractivity contribution in [3.8, 4) is 0 Å². The van der Waals surface area contributed by atoms with E-state index in [-0.39, 0.29) is 5.75 Å². The lowest BCUT2D eigenvalue weighted by atomic mass is 10.1. The number of halogens is 2. The molecule has 2 aromatic rings. The Kier molecular flexibility index (Phi) is 6.63. The van der Waals surface area contributed by atoms with Crippen LogP contribution in [0.1, 0.15) is 17.5 Å². The molecule has 23 heavy (non-hydrogen) atoms. The molecule has 1 N–H and O–H groups in total. The van der Waals surface area contributed by atoms with Crippen LogP contribution < -0.4 is 0 Å². The van der Waals surface area contributed by atoms with Gasteiger partial charge in [0.2, 0.25) is 0 Å². The summed E-state index contributed by atoms with van der Waals surface area (Å²) in [7, 11) is -1.53. The molecule has 0 aromatic heterocycles. The average molecular weight is 371 g/mol. The van der Waals surface area contributed by atoms with Crippen LogP contribution in [0.4, 0.5) is 0 Å². The molecule has 3 nitrogen and oxygen atoms in total. The van der Waals surface area contributed by atoms with Crippen molar-refractivity contribution < 1.29 is 14.1 Å². The zero-order chi connectivity index (χ0) is 16.8. The highest BCUT2D eigenvalue weighted by atomic mass is 35.5. The summed E-state index contributed by atoms with van der Waals surface area (Å²) in [6.07, 6.45) is 0.901. The molecule has 0 fully saturated rings. The van der Waals surface area contributed by atoms with Gasteiger partial charge in [0.15, 0.2) is 0 Å². The predicted molar refractivity (Wildman–Crippen MR) is 94.5 cm³/mol. The van der Waals surface area contributed by atoms with Gasteiger partial charge in [-0.2, -0.15) is 0 Å². The van der Waals surface area contributed by atoms with E-state index in [9.17, 15) is 14.1 Å². The standard InChI is InChI=1S/C17H16Cl2O3S/c18-14-8-6-13(10-15(14)19)11-23(22)16(17(20)21)9-7-12-4-2-1-3-5-12/h1-6,8,10,16H,7,9,11H2,(H,20,21). The van der Waals surface area contributed by atoms with Crippen molar-refractivity contribution in [1.29, 1.82) is 0 Å². The van der Waals surface area contributed by atoms with Crippen LogP contribution in [0.2, 0.25) is 10.0 Å². The molecule has 0 aliphatic heterocycles. The molecule has 0 aliphatic rings. The Morgan fingerprint density at radius 2 is 1.74 bits per heavy atom. The molecule has 0 spiro atoms. The molecular weight excluding hydrogens is 355 g/mol. The second kappa shape index (κ2) is 8.48. The van der Waals surface area contributed by atoms with Crippen LogP contribution in [0, 0.1) is 0 Å². The topological polar surface area (TPSA) is 54.4 Å². The number of carboxylic acid groups (broad SMARTS) is 1. The van der Waals surface area contributed by atoms with E-state index in [1.54, 1.807) is 18.2 Å². The first-order valence-electron chi connectivity index (χ1n) is 7.05. The summed E-state index contributed by atoms with van der Waals surface area (Å²) >= 11 is 11.8. The Balaban J connectivity index is 2.03. The van der Waals surface area contributed by atoms with Crippen LogP contribution in [0.25, 0.3) is 0 Å². The minimum absolute atomic E-state index is 0.142. The van der Waals surface area contributed by atoms with Gasteiger partial charge >= 0.3 is 5.97 Å². The SMILES string of the molecule is O=C(O)C(CCc1ccccc1)S(=O)Cc1ccc(Cl)c(Cl)c1. The minimum atomic E-state index is -1.53. The molecule has 0 saturated heterocycles. The maximum absolute atomic E-state index is 12.4. The molecule has 0 saturated carbocycles. The number of hydrogen-bond acceptors (Lipinski definition) is 2. The van der Waals surface area contributed by atoms with E-state index in [1.165, 1.54) is 0 Å². The maximum Gasteiger partial charge on any atom is 0.319 e. The lowest BCUT2D eigenvalue weighted by Crippen LogP contribution is -2.27. The third-order valence-corrected chi connectivity index (χ3v) is 5.85. The summed E-state index contributed by atoms with van der Waals surface area (Å²) in [5, 5.41) is 9.24. The highest BCUT2D eigenvalue weighted by molar-refractivity contribution is 7.85. The Morgan fingerprint density at radius 3 is 2.35 bits per heavy atom. The monoisotopic (exact) mass is 370 g/mol. The van der Waals surface area contributed by atoms with E-state index in [0.29, 0.717) is 28.5 Å².